The van der Waals surface area contributed by atoms with E-state index >= 15 is 0 Å². The van der Waals surface area contributed by atoms with Gasteiger partial charge in [-0.15, -0.1) is 10.2 Å². The average Bonchev–Trinajstić information content (AvgIpc) is 3.10. The zero-order chi connectivity index (χ0) is 20.2. The smallest absolute Gasteiger partial charge is 0.337 e. The minimum Gasteiger partial charge on any atom is -0.478 e. The van der Waals surface area contributed by atoms with Gasteiger partial charge in [-0.2, -0.15) is 5.10 Å². The molecule has 0 radical (unpaired) electrons. The van der Waals surface area contributed by atoms with E-state index in [4.69, 9.17) is 5.73 Å². The fraction of sp³-hybridized carbons (Fsp3) is 0. The zero-order valence-corrected chi connectivity index (χ0v) is 15.3. The van der Waals surface area contributed by atoms with E-state index in [9.17, 15) is 9.90 Å². The molecule has 7 heteroatoms. The van der Waals surface area contributed by atoms with Crippen molar-refractivity contribution in [3.05, 3.63) is 90.5 Å². The van der Waals surface area contributed by atoms with E-state index in [0.717, 1.165) is 11.3 Å². The first-order valence-corrected chi connectivity index (χ1v) is 8.88. The van der Waals surface area contributed by atoms with Crippen molar-refractivity contribution in [3.8, 4) is 16.9 Å². The van der Waals surface area contributed by atoms with Gasteiger partial charge in [0.15, 0.2) is 11.5 Å². The first kappa shape index (κ1) is 18.1. The Balaban J connectivity index is 1.86. The molecule has 0 amide bonds. The largest absolute Gasteiger partial charge is 0.478 e. The summed E-state index contributed by atoms with van der Waals surface area (Å²) in [7, 11) is 0. The first-order chi connectivity index (χ1) is 14.1. The molecule has 0 aliphatic heterocycles. The van der Waals surface area contributed by atoms with Crippen molar-refractivity contribution in [2.75, 3.05) is 5.73 Å². The molecule has 7 nitrogen and oxygen atoms in total. The monoisotopic (exact) mass is 383 g/mol. The van der Waals surface area contributed by atoms with Crippen LogP contribution in [-0.4, -0.2) is 20.9 Å². The average molecular weight is 383 g/mol. The predicted octanol–water partition coefficient (Wildman–Crippen LogP) is 5.24. The SMILES string of the molecule is Nc1c(N=Nc2ccccc2C(=O)O)c(-c2ccccc2)nn1-c1ccccc1. The van der Waals surface area contributed by atoms with E-state index in [0.29, 0.717) is 17.2 Å². The van der Waals surface area contributed by atoms with Crippen LogP contribution in [0.15, 0.2) is 95.2 Å². The fourth-order valence-corrected chi connectivity index (χ4v) is 2.92. The molecular weight excluding hydrogens is 366 g/mol. The normalized spacial score (nSPS) is 11.0. The second-order valence-electron chi connectivity index (χ2n) is 6.22. The summed E-state index contributed by atoms with van der Waals surface area (Å²) in [4.78, 5) is 11.4. The molecule has 0 unspecified atom stereocenters. The van der Waals surface area contributed by atoms with Gasteiger partial charge < -0.3 is 10.8 Å². The quantitative estimate of drug-likeness (QED) is 0.460. The number of carbonyl (C=O) groups is 1. The zero-order valence-electron chi connectivity index (χ0n) is 15.3. The fourth-order valence-electron chi connectivity index (χ4n) is 2.92. The highest BCUT2D eigenvalue weighted by atomic mass is 16.4. The van der Waals surface area contributed by atoms with Gasteiger partial charge in [0.25, 0.3) is 0 Å². The van der Waals surface area contributed by atoms with Gasteiger partial charge in [0.2, 0.25) is 0 Å². The van der Waals surface area contributed by atoms with Gasteiger partial charge in [-0.25, -0.2) is 9.48 Å². The summed E-state index contributed by atoms with van der Waals surface area (Å²) < 4.78 is 1.60. The van der Waals surface area contributed by atoms with Gasteiger partial charge in [-0.1, -0.05) is 60.7 Å². The molecule has 0 saturated heterocycles. The van der Waals surface area contributed by atoms with Crippen LogP contribution in [-0.2, 0) is 0 Å². The topological polar surface area (TPSA) is 106 Å². The third-order valence-electron chi connectivity index (χ3n) is 4.34. The molecule has 0 saturated carbocycles. The van der Waals surface area contributed by atoms with E-state index in [2.05, 4.69) is 15.3 Å². The van der Waals surface area contributed by atoms with E-state index in [-0.39, 0.29) is 11.3 Å². The number of anilines is 1. The third kappa shape index (κ3) is 3.61. The summed E-state index contributed by atoms with van der Waals surface area (Å²) in [5.41, 5.74) is 9.22. The number of azo groups is 1. The molecule has 0 aliphatic rings. The molecule has 0 spiro atoms. The minimum absolute atomic E-state index is 0.0616. The molecule has 1 heterocycles. The second kappa shape index (κ2) is 7.77. The van der Waals surface area contributed by atoms with Gasteiger partial charge in [-0.3, -0.25) is 0 Å². The first-order valence-electron chi connectivity index (χ1n) is 8.88. The summed E-state index contributed by atoms with van der Waals surface area (Å²) >= 11 is 0. The van der Waals surface area contributed by atoms with Crippen molar-refractivity contribution in [2.24, 2.45) is 10.2 Å². The second-order valence-corrected chi connectivity index (χ2v) is 6.22. The number of nitrogens with zero attached hydrogens (tertiary/aromatic N) is 4. The number of carboxylic acids is 1. The molecule has 0 aliphatic carbocycles. The molecular formula is C22H17N5O2. The highest BCUT2D eigenvalue weighted by molar-refractivity contribution is 5.93. The van der Waals surface area contributed by atoms with Crippen LogP contribution in [0.1, 0.15) is 10.4 Å². The highest BCUT2D eigenvalue weighted by Crippen LogP contribution is 2.37. The number of hydrogen-bond acceptors (Lipinski definition) is 5. The number of para-hydroxylation sites is 1. The summed E-state index contributed by atoms with van der Waals surface area (Å²) in [5, 5.41) is 22.5. The Kier molecular flexibility index (Phi) is 4.86. The van der Waals surface area contributed by atoms with Gasteiger partial charge >= 0.3 is 5.97 Å². The molecule has 0 bridgehead atoms. The number of aromatic carboxylic acids is 1. The third-order valence-corrected chi connectivity index (χ3v) is 4.34. The lowest BCUT2D eigenvalue weighted by Gasteiger charge is -2.02. The van der Waals surface area contributed by atoms with Crippen molar-refractivity contribution < 1.29 is 9.90 Å². The maximum Gasteiger partial charge on any atom is 0.337 e. The van der Waals surface area contributed by atoms with Gasteiger partial charge in [0.05, 0.1) is 11.3 Å². The van der Waals surface area contributed by atoms with Gasteiger partial charge in [0, 0.05) is 5.56 Å². The summed E-state index contributed by atoms with van der Waals surface area (Å²) in [6, 6.07) is 25.4. The summed E-state index contributed by atoms with van der Waals surface area (Å²) in [6.45, 7) is 0. The number of nitrogens with two attached hydrogens (primary N) is 1. The van der Waals surface area contributed by atoms with Crippen molar-refractivity contribution in [2.45, 2.75) is 0 Å². The Morgan fingerprint density at radius 1 is 0.862 bits per heavy atom. The van der Waals surface area contributed by atoms with E-state index in [1.807, 2.05) is 60.7 Å². The summed E-state index contributed by atoms with van der Waals surface area (Å²) in [6.07, 6.45) is 0. The van der Waals surface area contributed by atoms with Crippen LogP contribution < -0.4 is 5.73 Å². The lowest BCUT2D eigenvalue weighted by atomic mass is 10.1. The van der Waals surface area contributed by atoms with Crippen LogP contribution in [0.3, 0.4) is 0 Å². The molecule has 142 valence electrons. The molecule has 4 rings (SSSR count). The van der Waals surface area contributed by atoms with Crippen LogP contribution in [0.5, 0.6) is 0 Å². The lowest BCUT2D eigenvalue weighted by molar-refractivity contribution is 0.0697. The molecule has 3 N–H and O–H groups in total. The van der Waals surface area contributed by atoms with Crippen LogP contribution in [0, 0.1) is 0 Å². The molecule has 0 fully saturated rings. The Bertz CT molecular complexity index is 1180. The van der Waals surface area contributed by atoms with Crippen molar-refractivity contribution in [1.82, 2.24) is 9.78 Å². The van der Waals surface area contributed by atoms with Crippen LogP contribution in [0.2, 0.25) is 0 Å². The predicted molar refractivity (Wildman–Crippen MR) is 111 cm³/mol. The standard InChI is InChI=1S/C22H17N5O2/c23-21-20(25-24-18-14-8-7-13-17(18)22(28)29)19(15-9-3-1-4-10-15)26-27(21)16-11-5-2-6-12-16/h1-14H,23H2,(H,28,29). The molecule has 29 heavy (non-hydrogen) atoms. The van der Waals surface area contributed by atoms with E-state index < -0.39 is 5.97 Å². The number of carboxylic acid groups (broad SMARTS) is 1. The molecule has 1 aromatic heterocycles. The summed E-state index contributed by atoms with van der Waals surface area (Å²) in [5.74, 6) is -0.762. The highest BCUT2D eigenvalue weighted by Gasteiger charge is 2.18. The maximum absolute atomic E-state index is 11.4. The Morgan fingerprint density at radius 3 is 2.17 bits per heavy atom. The Hall–Kier alpha value is -4.26. The van der Waals surface area contributed by atoms with Crippen molar-refractivity contribution >= 4 is 23.2 Å². The van der Waals surface area contributed by atoms with E-state index in [1.165, 1.54) is 6.07 Å². The number of benzene rings is 3. The maximum atomic E-state index is 11.4. The van der Waals surface area contributed by atoms with Gasteiger partial charge in [-0.05, 0) is 24.3 Å². The van der Waals surface area contributed by atoms with Gasteiger partial charge in [0.1, 0.15) is 11.4 Å². The lowest BCUT2D eigenvalue weighted by Crippen LogP contribution is -2.01. The Morgan fingerprint density at radius 2 is 1.48 bits per heavy atom. The number of rotatable bonds is 5. The van der Waals surface area contributed by atoms with Crippen LogP contribution in [0.25, 0.3) is 16.9 Å². The number of aromatic nitrogens is 2. The molecule has 3 aromatic carbocycles. The molecule has 4 aromatic rings. The van der Waals surface area contributed by atoms with Crippen LogP contribution in [0.4, 0.5) is 17.2 Å². The van der Waals surface area contributed by atoms with E-state index in [1.54, 1.807) is 22.9 Å². The van der Waals surface area contributed by atoms with Crippen molar-refractivity contribution in [1.29, 1.82) is 0 Å². The number of hydrogen-bond donors (Lipinski definition) is 2. The number of nitrogen functional groups attached to an aromatic ring is 1. The minimum atomic E-state index is -1.07. The Labute approximate surface area is 166 Å². The van der Waals surface area contributed by atoms with Crippen LogP contribution >= 0.6 is 0 Å². The molecule has 0 atom stereocenters. The van der Waals surface area contributed by atoms with Crippen molar-refractivity contribution in [3.63, 3.8) is 0 Å².